The number of anilines is 1. The summed E-state index contributed by atoms with van der Waals surface area (Å²) in [5.74, 6) is 0. The van der Waals surface area contributed by atoms with E-state index < -0.39 is 10.0 Å². The lowest BCUT2D eigenvalue weighted by Crippen LogP contribution is -2.29. The summed E-state index contributed by atoms with van der Waals surface area (Å²) in [4.78, 5) is 14.1. The molecule has 2 heterocycles. The van der Waals surface area contributed by atoms with Crippen molar-refractivity contribution in [1.29, 1.82) is 0 Å². The molecule has 0 radical (unpaired) electrons. The Morgan fingerprint density at radius 2 is 1.67 bits per heavy atom. The van der Waals surface area contributed by atoms with E-state index in [1.807, 2.05) is 19.1 Å². The number of nitrogens with zero attached hydrogens (tertiary/aromatic N) is 2. The van der Waals surface area contributed by atoms with Crippen molar-refractivity contribution in [3.8, 4) is 0 Å². The number of fused-ring (bicyclic) bond motifs is 1. The molecule has 1 fully saturated rings. The summed E-state index contributed by atoms with van der Waals surface area (Å²) in [7, 11) is -3.77. The number of piperidine rings is 1. The van der Waals surface area contributed by atoms with Crippen LogP contribution in [0.4, 0.5) is 5.69 Å². The summed E-state index contributed by atoms with van der Waals surface area (Å²) in [6, 6.07) is 12.4. The van der Waals surface area contributed by atoms with Gasteiger partial charge in [0.15, 0.2) is 6.29 Å². The lowest BCUT2D eigenvalue weighted by molar-refractivity contribution is 0.112. The van der Waals surface area contributed by atoms with E-state index in [4.69, 9.17) is 0 Å². The molecule has 0 saturated carbocycles. The van der Waals surface area contributed by atoms with E-state index in [0.29, 0.717) is 16.5 Å². The maximum Gasteiger partial charge on any atom is 0.268 e. The van der Waals surface area contributed by atoms with Gasteiger partial charge in [0.25, 0.3) is 10.0 Å². The van der Waals surface area contributed by atoms with Crippen LogP contribution in [0.15, 0.2) is 53.6 Å². The highest BCUT2D eigenvalue weighted by Gasteiger charge is 2.22. The van der Waals surface area contributed by atoms with E-state index in [0.717, 1.165) is 43.5 Å². The first kappa shape index (κ1) is 17.8. The third-order valence-electron chi connectivity index (χ3n) is 5.21. The summed E-state index contributed by atoms with van der Waals surface area (Å²) in [6.45, 7) is 3.89. The lowest BCUT2D eigenvalue weighted by atomic mass is 10.1. The van der Waals surface area contributed by atoms with Crippen LogP contribution in [-0.4, -0.2) is 31.8 Å². The van der Waals surface area contributed by atoms with E-state index in [1.165, 1.54) is 16.6 Å². The highest BCUT2D eigenvalue weighted by Crippen LogP contribution is 2.30. The van der Waals surface area contributed by atoms with Gasteiger partial charge < -0.3 is 4.90 Å². The molecule has 3 aromatic rings. The van der Waals surface area contributed by atoms with Crippen molar-refractivity contribution in [2.75, 3.05) is 18.0 Å². The fraction of sp³-hybridized carbons (Fsp3) is 0.286. The molecule has 27 heavy (non-hydrogen) atoms. The molecular formula is C21H22N2O3S. The molecule has 2 aromatic carbocycles. The Balaban J connectivity index is 1.84. The maximum atomic E-state index is 13.1. The predicted molar refractivity (Wildman–Crippen MR) is 107 cm³/mol. The van der Waals surface area contributed by atoms with Gasteiger partial charge in [-0.1, -0.05) is 17.7 Å². The van der Waals surface area contributed by atoms with Crippen LogP contribution in [0.1, 0.15) is 35.2 Å². The smallest absolute Gasteiger partial charge is 0.268 e. The SMILES string of the molecule is Cc1ccc(S(=O)(=O)n2cc(C=O)c3cc(N4CCCCC4)ccc32)cc1. The second kappa shape index (κ2) is 6.85. The molecule has 0 aliphatic carbocycles. The zero-order valence-electron chi connectivity index (χ0n) is 15.3. The number of hydrogen-bond acceptors (Lipinski definition) is 4. The van der Waals surface area contributed by atoms with Gasteiger partial charge in [-0.05, 0) is 56.5 Å². The number of carbonyl (C=O) groups is 1. The van der Waals surface area contributed by atoms with Crippen LogP contribution in [0.5, 0.6) is 0 Å². The number of benzene rings is 2. The second-order valence-electron chi connectivity index (χ2n) is 7.07. The van der Waals surface area contributed by atoms with E-state index in [1.54, 1.807) is 30.3 Å². The van der Waals surface area contributed by atoms with Crippen LogP contribution >= 0.6 is 0 Å². The first-order valence-electron chi connectivity index (χ1n) is 9.18. The number of carbonyl (C=O) groups excluding carboxylic acids is 1. The topological polar surface area (TPSA) is 59.4 Å². The minimum Gasteiger partial charge on any atom is -0.372 e. The van der Waals surface area contributed by atoms with Crippen molar-refractivity contribution >= 4 is 32.9 Å². The van der Waals surface area contributed by atoms with E-state index in [-0.39, 0.29) is 4.90 Å². The van der Waals surface area contributed by atoms with Gasteiger partial charge in [0.05, 0.1) is 10.4 Å². The van der Waals surface area contributed by atoms with Gasteiger partial charge in [0.2, 0.25) is 0 Å². The van der Waals surface area contributed by atoms with Crippen molar-refractivity contribution in [1.82, 2.24) is 3.97 Å². The monoisotopic (exact) mass is 382 g/mol. The number of hydrogen-bond donors (Lipinski definition) is 0. The fourth-order valence-corrected chi connectivity index (χ4v) is 5.06. The summed E-state index contributed by atoms with van der Waals surface area (Å²) in [5, 5.41) is 0.670. The molecule has 0 spiro atoms. The lowest BCUT2D eigenvalue weighted by Gasteiger charge is -2.28. The van der Waals surface area contributed by atoms with Crippen molar-refractivity contribution in [3.05, 3.63) is 59.8 Å². The minimum absolute atomic E-state index is 0.211. The molecule has 1 aromatic heterocycles. The predicted octanol–water partition coefficient (Wildman–Crippen LogP) is 3.99. The highest BCUT2D eigenvalue weighted by atomic mass is 32.2. The van der Waals surface area contributed by atoms with Crippen LogP contribution in [-0.2, 0) is 10.0 Å². The summed E-state index contributed by atoms with van der Waals surface area (Å²) >= 11 is 0. The molecule has 1 aliphatic heterocycles. The molecule has 0 amide bonds. The average molecular weight is 382 g/mol. The third-order valence-corrected chi connectivity index (χ3v) is 6.90. The van der Waals surface area contributed by atoms with Crippen molar-refractivity contribution < 1.29 is 13.2 Å². The van der Waals surface area contributed by atoms with Crippen molar-refractivity contribution in [2.45, 2.75) is 31.1 Å². The first-order chi connectivity index (χ1) is 13.0. The summed E-state index contributed by atoms with van der Waals surface area (Å²) in [6.07, 6.45) is 5.70. The number of aldehydes is 1. The summed E-state index contributed by atoms with van der Waals surface area (Å²) in [5.41, 5.74) is 2.94. The molecule has 140 valence electrons. The Bertz CT molecular complexity index is 1090. The normalized spacial score (nSPS) is 15.2. The largest absolute Gasteiger partial charge is 0.372 e. The first-order valence-corrected chi connectivity index (χ1v) is 10.6. The van der Waals surface area contributed by atoms with E-state index in [9.17, 15) is 13.2 Å². The molecule has 1 saturated heterocycles. The van der Waals surface area contributed by atoms with Crippen LogP contribution in [0.2, 0.25) is 0 Å². The average Bonchev–Trinajstić information content (AvgIpc) is 3.08. The Morgan fingerprint density at radius 1 is 0.963 bits per heavy atom. The molecule has 0 atom stereocenters. The quantitative estimate of drug-likeness (QED) is 0.640. The Kier molecular flexibility index (Phi) is 4.52. The number of rotatable bonds is 4. The molecule has 1 aliphatic rings. The van der Waals surface area contributed by atoms with Crippen LogP contribution in [0.3, 0.4) is 0 Å². The van der Waals surface area contributed by atoms with Gasteiger partial charge >= 0.3 is 0 Å². The third kappa shape index (κ3) is 3.14. The van der Waals surface area contributed by atoms with Gasteiger partial charge in [-0.25, -0.2) is 12.4 Å². The van der Waals surface area contributed by atoms with Crippen LogP contribution < -0.4 is 4.90 Å². The zero-order valence-corrected chi connectivity index (χ0v) is 16.1. The van der Waals surface area contributed by atoms with Crippen molar-refractivity contribution in [2.24, 2.45) is 0 Å². The van der Waals surface area contributed by atoms with Gasteiger partial charge in [-0.15, -0.1) is 0 Å². The van der Waals surface area contributed by atoms with E-state index in [2.05, 4.69) is 4.90 Å². The second-order valence-corrected chi connectivity index (χ2v) is 8.88. The standard InChI is InChI=1S/C21H22N2O3S/c1-16-5-8-19(9-6-16)27(25,26)23-14-17(15-24)20-13-18(7-10-21(20)23)22-11-3-2-4-12-22/h5-10,13-15H,2-4,11-12H2,1H3. The highest BCUT2D eigenvalue weighted by molar-refractivity contribution is 7.90. The molecule has 0 N–H and O–H groups in total. The zero-order chi connectivity index (χ0) is 19.0. The minimum atomic E-state index is -3.77. The number of aryl methyl sites for hydroxylation is 1. The Morgan fingerprint density at radius 3 is 2.33 bits per heavy atom. The molecule has 0 bridgehead atoms. The maximum absolute atomic E-state index is 13.1. The van der Waals surface area contributed by atoms with Gasteiger partial charge in [-0.3, -0.25) is 4.79 Å². The molecule has 6 heteroatoms. The van der Waals surface area contributed by atoms with Gasteiger partial charge in [0.1, 0.15) is 0 Å². The molecule has 0 unspecified atom stereocenters. The molecule has 4 rings (SSSR count). The van der Waals surface area contributed by atoms with Gasteiger partial charge in [-0.2, -0.15) is 0 Å². The van der Waals surface area contributed by atoms with Crippen LogP contribution in [0.25, 0.3) is 10.9 Å². The Labute approximate surface area is 159 Å². The number of aromatic nitrogens is 1. The Hall–Kier alpha value is -2.60. The van der Waals surface area contributed by atoms with Crippen molar-refractivity contribution in [3.63, 3.8) is 0 Å². The van der Waals surface area contributed by atoms with E-state index >= 15 is 0 Å². The van der Waals surface area contributed by atoms with Gasteiger partial charge in [0, 0.05) is 35.9 Å². The summed E-state index contributed by atoms with van der Waals surface area (Å²) < 4.78 is 27.4. The fourth-order valence-electron chi connectivity index (χ4n) is 3.68. The molecule has 5 nitrogen and oxygen atoms in total. The van der Waals surface area contributed by atoms with Crippen LogP contribution in [0, 0.1) is 6.92 Å². The molecular weight excluding hydrogens is 360 g/mol.